The van der Waals surface area contributed by atoms with Crippen molar-refractivity contribution in [3.8, 4) is 0 Å². The van der Waals surface area contributed by atoms with Crippen LogP contribution in [0.3, 0.4) is 0 Å². The Morgan fingerprint density at radius 2 is 2.41 bits per heavy atom. The van der Waals surface area contributed by atoms with E-state index in [0.29, 0.717) is 5.82 Å². The summed E-state index contributed by atoms with van der Waals surface area (Å²) >= 11 is 0. The Hall–Kier alpha value is -1.93. The van der Waals surface area contributed by atoms with Crippen molar-refractivity contribution in [3.05, 3.63) is 22.2 Å². The van der Waals surface area contributed by atoms with Crippen molar-refractivity contribution in [2.45, 2.75) is 6.04 Å². The molecule has 0 aliphatic carbocycles. The summed E-state index contributed by atoms with van der Waals surface area (Å²) in [6, 6.07) is 2.34. The van der Waals surface area contributed by atoms with Crippen LogP contribution >= 0.6 is 0 Å². The van der Waals surface area contributed by atoms with Crippen LogP contribution in [0.4, 0.5) is 17.3 Å². The van der Waals surface area contributed by atoms with Crippen LogP contribution in [0.2, 0.25) is 0 Å². The van der Waals surface area contributed by atoms with Gasteiger partial charge in [-0.2, -0.15) is 0 Å². The Balaban J connectivity index is 2.79. The lowest BCUT2D eigenvalue weighted by Crippen LogP contribution is -2.29. The van der Waals surface area contributed by atoms with E-state index in [0.717, 1.165) is 0 Å². The maximum Gasteiger partial charge on any atom is 0.311 e. The van der Waals surface area contributed by atoms with E-state index < -0.39 is 4.92 Å². The molecule has 1 aromatic heterocycles. The number of aromatic nitrogens is 1. The molecule has 8 nitrogen and oxygen atoms in total. The van der Waals surface area contributed by atoms with Crippen LogP contribution < -0.4 is 11.1 Å². The maximum atomic E-state index is 10.5. The Morgan fingerprint density at radius 3 is 2.88 bits per heavy atom. The predicted octanol–water partition coefficient (Wildman–Crippen LogP) is -0.00880. The van der Waals surface area contributed by atoms with E-state index in [1.807, 2.05) is 0 Å². The number of rotatable bonds is 6. The lowest BCUT2D eigenvalue weighted by molar-refractivity contribution is -0.384. The van der Waals surface area contributed by atoms with Crippen LogP contribution in [0.15, 0.2) is 12.1 Å². The van der Waals surface area contributed by atoms with Crippen molar-refractivity contribution in [3.63, 3.8) is 0 Å². The molecule has 94 valence electrons. The zero-order chi connectivity index (χ0) is 12.8. The van der Waals surface area contributed by atoms with Crippen molar-refractivity contribution in [2.75, 3.05) is 31.4 Å². The van der Waals surface area contributed by atoms with Gasteiger partial charge in [-0.25, -0.2) is 4.98 Å². The Bertz CT molecular complexity index is 399. The number of nitrogens with one attached hydrogen (secondary N) is 1. The molecule has 0 radical (unpaired) electrons. The maximum absolute atomic E-state index is 10.5. The van der Waals surface area contributed by atoms with E-state index in [1.54, 1.807) is 0 Å². The number of hydrogen-bond acceptors (Lipinski definition) is 7. The van der Waals surface area contributed by atoms with Gasteiger partial charge in [0.2, 0.25) is 5.82 Å². The van der Waals surface area contributed by atoms with Crippen LogP contribution in [0.5, 0.6) is 0 Å². The number of pyridine rings is 1. The van der Waals surface area contributed by atoms with Crippen molar-refractivity contribution in [2.24, 2.45) is 0 Å². The van der Waals surface area contributed by atoms with Crippen molar-refractivity contribution < 1.29 is 14.8 Å². The summed E-state index contributed by atoms with van der Waals surface area (Å²) in [5, 5.41) is 22.4. The molecule has 0 spiro atoms. The molecular weight excluding hydrogens is 228 g/mol. The largest absolute Gasteiger partial charge is 0.394 e. The summed E-state index contributed by atoms with van der Waals surface area (Å²) in [5.41, 5.74) is 5.18. The molecule has 0 aromatic carbocycles. The summed E-state index contributed by atoms with van der Waals surface area (Å²) in [4.78, 5) is 13.7. The molecule has 0 aliphatic rings. The first kappa shape index (κ1) is 13.1. The van der Waals surface area contributed by atoms with Crippen LogP contribution in [0.25, 0.3) is 0 Å². The van der Waals surface area contributed by atoms with Gasteiger partial charge in [-0.3, -0.25) is 10.1 Å². The minimum atomic E-state index is -0.606. The fourth-order valence-electron chi connectivity index (χ4n) is 1.25. The van der Waals surface area contributed by atoms with Gasteiger partial charge >= 0.3 is 5.69 Å². The number of nitrogen functional groups attached to an aromatic ring is 1. The van der Waals surface area contributed by atoms with E-state index in [2.05, 4.69) is 10.3 Å². The smallest absolute Gasteiger partial charge is 0.311 e. The van der Waals surface area contributed by atoms with Gasteiger partial charge in [-0.1, -0.05) is 0 Å². The van der Waals surface area contributed by atoms with Crippen LogP contribution in [-0.2, 0) is 4.74 Å². The summed E-state index contributed by atoms with van der Waals surface area (Å²) in [7, 11) is 1.50. The van der Waals surface area contributed by atoms with E-state index >= 15 is 0 Å². The number of nitrogens with two attached hydrogens (primary N) is 1. The second-order valence-electron chi connectivity index (χ2n) is 3.34. The van der Waals surface area contributed by atoms with Crippen LogP contribution in [0, 0.1) is 10.1 Å². The summed E-state index contributed by atoms with van der Waals surface area (Å²) in [6.45, 7) is 0.140. The number of methoxy groups -OCH3 is 1. The topological polar surface area (TPSA) is 124 Å². The van der Waals surface area contributed by atoms with E-state index in [4.69, 9.17) is 15.6 Å². The molecule has 0 saturated heterocycles. The third kappa shape index (κ3) is 3.54. The minimum Gasteiger partial charge on any atom is -0.394 e. The molecule has 1 heterocycles. The monoisotopic (exact) mass is 242 g/mol. The van der Waals surface area contributed by atoms with E-state index in [1.165, 1.54) is 19.2 Å². The van der Waals surface area contributed by atoms with Crippen LogP contribution in [0.1, 0.15) is 0 Å². The molecule has 8 heteroatoms. The van der Waals surface area contributed by atoms with Gasteiger partial charge in [0.25, 0.3) is 0 Å². The molecule has 0 fully saturated rings. The summed E-state index contributed by atoms with van der Waals surface area (Å²) < 4.78 is 4.87. The molecule has 1 rings (SSSR count). The highest BCUT2D eigenvalue weighted by atomic mass is 16.6. The second-order valence-corrected chi connectivity index (χ2v) is 3.34. The number of aliphatic hydroxyl groups is 1. The predicted molar refractivity (Wildman–Crippen MR) is 61.7 cm³/mol. The highest BCUT2D eigenvalue weighted by Crippen LogP contribution is 2.20. The molecular formula is C9H14N4O4. The van der Waals surface area contributed by atoms with Gasteiger partial charge in [0.1, 0.15) is 5.82 Å². The molecule has 0 amide bonds. The molecule has 17 heavy (non-hydrogen) atoms. The first-order valence-electron chi connectivity index (χ1n) is 4.85. The standard InChI is InChI=1S/C9H14N4O4/c1-17-5-6(4-14)11-8-3-2-7(13(15)16)9(10)12-8/h2-3,6,14H,4-5H2,1H3,(H3,10,11,12). The number of ether oxygens (including phenoxy) is 1. The summed E-state index contributed by atoms with van der Waals surface area (Å²) in [5.74, 6) is 0.179. The van der Waals surface area contributed by atoms with Crippen LogP contribution in [-0.4, -0.2) is 41.4 Å². The average molecular weight is 242 g/mol. The fraction of sp³-hybridized carbons (Fsp3) is 0.444. The molecule has 0 bridgehead atoms. The van der Waals surface area contributed by atoms with Crippen molar-refractivity contribution in [1.82, 2.24) is 4.98 Å². The van der Waals surface area contributed by atoms with Gasteiger partial charge in [0, 0.05) is 13.2 Å². The fourth-order valence-corrected chi connectivity index (χ4v) is 1.25. The Kier molecular flexibility index (Phi) is 4.61. The third-order valence-corrected chi connectivity index (χ3v) is 2.04. The third-order valence-electron chi connectivity index (χ3n) is 2.04. The van der Waals surface area contributed by atoms with Crippen molar-refractivity contribution >= 4 is 17.3 Å². The van der Waals surface area contributed by atoms with Gasteiger partial charge in [-0.05, 0) is 6.07 Å². The Labute approximate surface area is 97.6 Å². The number of hydrogen-bond donors (Lipinski definition) is 3. The molecule has 0 saturated carbocycles. The van der Waals surface area contributed by atoms with Gasteiger partial charge in [0.05, 0.1) is 24.2 Å². The van der Waals surface area contributed by atoms with E-state index in [9.17, 15) is 10.1 Å². The zero-order valence-electron chi connectivity index (χ0n) is 9.29. The molecule has 1 atom stereocenters. The van der Waals surface area contributed by atoms with Gasteiger partial charge < -0.3 is 20.9 Å². The number of aliphatic hydroxyl groups excluding tert-OH is 1. The molecule has 1 aromatic rings. The van der Waals surface area contributed by atoms with Crippen molar-refractivity contribution in [1.29, 1.82) is 0 Å². The number of anilines is 2. The normalized spacial score (nSPS) is 12.1. The second kappa shape index (κ2) is 5.97. The van der Waals surface area contributed by atoms with Gasteiger partial charge in [-0.15, -0.1) is 0 Å². The highest BCUT2D eigenvalue weighted by molar-refractivity contribution is 5.57. The highest BCUT2D eigenvalue weighted by Gasteiger charge is 2.14. The minimum absolute atomic E-state index is 0.146. The SMILES string of the molecule is COCC(CO)Nc1ccc([N+](=O)[O-])c(N)n1. The molecule has 4 N–H and O–H groups in total. The Morgan fingerprint density at radius 1 is 1.71 bits per heavy atom. The average Bonchev–Trinajstić information content (AvgIpc) is 2.28. The number of nitrogens with zero attached hydrogens (tertiary/aromatic N) is 2. The quantitative estimate of drug-likeness (QED) is 0.473. The lowest BCUT2D eigenvalue weighted by atomic mass is 10.3. The molecule has 1 unspecified atom stereocenters. The molecule has 0 aliphatic heterocycles. The number of nitro groups is 1. The zero-order valence-corrected chi connectivity index (χ0v) is 9.29. The summed E-state index contributed by atoms with van der Waals surface area (Å²) in [6.07, 6.45) is 0. The van der Waals surface area contributed by atoms with Gasteiger partial charge in [0.15, 0.2) is 0 Å². The lowest BCUT2D eigenvalue weighted by Gasteiger charge is -2.15. The first-order valence-corrected chi connectivity index (χ1v) is 4.85. The van der Waals surface area contributed by atoms with E-state index in [-0.39, 0.29) is 30.8 Å². The first-order chi connectivity index (χ1) is 8.08.